The second kappa shape index (κ2) is 6.54. The van der Waals surface area contributed by atoms with Crippen LogP contribution in [-0.4, -0.2) is 22.7 Å². The van der Waals surface area contributed by atoms with Gasteiger partial charge in [0.2, 0.25) is 0 Å². The third-order valence-electron chi connectivity index (χ3n) is 3.55. The first kappa shape index (κ1) is 15.3. The van der Waals surface area contributed by atoms with E-state index in [9.17, 15) is 4.79 Å². The molecule has 0 saturated heterocycles. The van der Waals surface area contributed by atoms with E-state index in [1.807, 2.05) is 44.2 Å². The maximum absolute atomic E-state index is 12.7. The van der Waals surface area contributed by atoms with E-state index in [1.165, 1.54) is 0 Å². The van der Waals surface area contributed by atoms with Gasteiger partial charge < -0.3 is 10.6 Å². The van der Waals surface area contributed by atoms with Gasteiger partial charge in [0.1, 0.15) is 5.69 Å². The van der Waals surface area contributed by atoms with Crippen LogP contribution >= 0.6 is 0 Å². The molecule has 0 aliphatic carbocycles. The van der Waals surface area contributed by atoms with E-state index in [0.29, 0.717) is 18.8 Å². The standard InChI is InChI=1S/C16H22N4O/c1-4-13-10-15(20(5-2)18-13)16(21)19(3)14-8-6-7-12(9-14)11-17/h6-10H,4-5,11,17H2,1-3H3. The molecule has 21 heavy (non-hydrogen) atoms. The zero-order valence-electron chi connectivity index (χ0n) is 12.8. The molecule has 0 radical (unpaired) electrons. The summed E-state index contributed by atoms with van der Waals surface area (Å²) < 4.78 is 1.75. The largest absolute Gasteiger partial charge is 0.326 e. The quantitative estimate of drug-likeness (QED) is 0.916. The van der Waals surface area contributed by atoms with Gasteiger partial charge in [-0.2, -0.15) is 5.10 Å². The van der Waals surface area contributed by atoms with Crippen LogP contribution in [-0.2, 0) is 19.5 Å². The summed E-state index contributed by atoms with van der Waals surface area (Å²) in [6.45, 7) is 5.16. The van der Waals surface area contributed by atoms with Crippen LogP contribution in [0.15, 0.2) is 30.3 Å². The summed E-state index contributed by atoms with van der Waals surface area (Å²) in [7, 11) is 1.77. The Kier molecular flexibility index (Phi) is 4.75. The van der Waals surface area contributed by atoms with Crippen molar-refractivity contribution in [2.75, 3.05) is 11.9 Å². The molecule has 0 spiro atoms. The fraction of sp³-hybridized carbons (Fsp3) is 0.375. The van der Waals surface area contributed by atoms with Gasteiger partial charge in [0, 0.05) is 25.8 Å². The highest BCUT2D eigenvalue weighted by Gasteiger charge is 2.19. The number of hydrogen-bond acceptors (Lipinski definition) is 3. The first-order valence-corrected chi connectivity index (χ1v) is 7.24. The van der Waals surface area contributed by atoms with E-state index in [4.69, 9.17) is 5.73 Å². The van der Waals surface area contributed by atoms with Crippen LogP contribution in [0.25, 0.3) is 0 Å². The Morgan fingerprint density at radius 3 is 2.71 bits per heavy atom. The number of aromatic nitrogens is 2. The highest BCUT2D eigenvalue weighted by molar-refractivity contribution is 6.04. The Morgan fingerprint density at radius 1 is 1.33 bits per heavy atom. The molecule has 1 heterocycles. The third kappa shape index (κ3) is 3.13. The van der Waals surface area contributed by atoms with E-state index in [2.05, 4.69) is 5.10 Å². The van der Waals surface area contributed by atoms with Crippen LogP contribution in [0.5, 0.6) is 0 Å². The van der Waals surface area contributed by atoms with Crippen molar-refractivity contribution >= 4 is 11.6 Å². The summed E-state index contributed by atoms with van der Waals surface area (Å²) in [6.07, 6.45) is 0.819. The Hall–Kier alpha value is -2.14. The molecule has 0 aliphatic rings. The van der Waals surface area contributed by atoms with Crippen molar-refractivity contribution in [1.29, 1.82) is 0 Å². The van der Waals surface area contributed by atoms with Crippen LogP contribution < -0.4 is 10.6 Å². The number of amides is 1. The molecule has 0 aliphatic heterocycles. The van der Waals surface area contributed by atoms with Crippen LogP contribution in [0, 0.1) is 0 Å². The second-order valence-electron chi connectivity index (χ2n) is 4.93. The van der Waals surface area contributed by atoms with Crippen molar-refractivity contribution in [3.8, 4) is 0 Å². The van der Waals surface area contributed by atoms with E-state index in [0.717, 1.165) is 23.4 Å². The topological polar surface area (TPSA) is 64.2 Å². The van der Waals surface area contributed by atoms with E-state index in [-0.39, 0.29) is 5.91 Å². The monoisotopic (exact) mass is 286 g/mol. The fourth-order valence-corrected chi connectivity index (χ4v) is 2.24. The summed E-state index contributed by atoms with van der Waals surface area (Å²) in [6, 6.07) is 9.58. The van der Waals surface area contributed by atoms with Crippen molar-refractivity contribution in [2.24, 2.45) is 5.73 Å². The minimum absolute atomic E-state index is 0.0572. The number of anilines is 1. The first-order valence-electron chi connectivity index (χ1n) is 7.24. The number of nitrogens with two attached hydrogens (primary N) is 1. The number of rotatable bonds is 5. The Balaban J connectivity index is 2.32. The lowest BCUT2D eigenvalue weighted by Gasteiger charge is -2.18. The third-order valence-corrected chi connectivity index (χ3v) is 3.55. The van der Waals surface area contributed by atoms with E-state index in [1.54, 1.807) is 16.6 Å². The molecule has 0 fully saturated rings. The molecule has 1 aromatic carbocycles. The molecule has 5 nitrogen and oxygen atoms in total. The molecule has 2 rings (SSSR count). The lowest BCUT2D eigenvalue weighted by atomic mass is 10.2. The summed E-state index contributed by atoms with van der Waals surface area (Å²) in [5.74, 6) is -0.0572. The first-order chi connectivity index (χ1) is 10.1. The molecule has 1 amide bonds. The van der Waals surface area contributed by atoms with E-state index < -0.39 is 0 Å². The molecule has 2 aromatic rings. The average molecular weight is 286 g/mol. The van der Waals surface area contributed by atoms with Gasteiger partial charge in [0.15, 0.2) is 0 Å². The fourth-order valence-electron chi connectivity index (χ4n) is 2.24. The zero-order chi connectivity index (χ0) is 15.4. The average Bonchev–Trinajstić information content (AvgIpc) is 2.96. The highest BCUT2D eigenvalue weighted by Crippen LogP contribution is 2.18. The number of aryl methyl sites for hydroxylation is 2. The molecular formula is C16H22N4O. The molecular weight excluding hydrogens is 264 g/mol. The Morgan fingerprint density at radius 2 is 2.10 bits per heavy atom. The predicted octanol–water partition coefficient (Wildman–Crippen LogP) is 2.20. The van der Waals surface area contributed by atoms with E-state index >= 15 is 0 Å². The van der Waals surface area contributed by atoms with Gasteiger partial charge >= 0.3 is 0 Å². The van der Waals surface area contributed by atoms with Crippen molar-refractivity contribution < 1.29 is 4.79 Å². The lowest BCUT2D eigenvalue weighted by Crippen LogP contribution is -2.28. The molecule has 112 valence electrons. The minimum atomic E-state index is -0.0572. The molecule has 5 heteroatoms. The minimum Gasteiger partial charge on any atom is -0.326 e. The summed E-state index contributed by atoms with van der Waals surface area (Å²) >= 11 is 0. The van der Waals surface area contributed by atoms with Gasteiger partial charge in [-0.15, -0.1) is 0 Å². The number of carbonyl (C=O) groups excluding carboxylic acids is 1. The predicted molar refractivity (Wildman–Crippen MR) is 84.3 cm³/mol. The normalized spacial score (nSPS) is 10.7. The maximum Gasteiger partial charge on any atom is 0.276 e. The molecule has 0 atom stereocenters. The van der Waals surface area contributed by atoms with Crippen molar-refractivity contribution in [3.63, 3.8) is 0 Å². The van der Waals surface area contributed by atoms with Crippen LogP contribution in [0.4, 0.5) is 5.69 Å². The van der Waals surface area contributed by atoms with Crippen LogP contribution in [0.3, 0.4) is 0 Å². The molecule has 1 aromatic heterocycles. The van der Waals surface area contributed by atoms with Crippen molar-refractivity contribution in [1.82, 2.24) is 9.78 Å². The van der Waals surface area contributed by atoms with Gasteiger partial charge in [0.25, 0.3) is 5.91 Å². The van der Waals surface area contributed by atoms with Crippen LogP contribution in [0.2, 0.25) is 0 Å². The van der Waals surface area contributed by atoms with Gasteiger partial charge in [-0.25, -0.2) is 0 Å². The molecule has 0 saturated carbocycles. The SMILES string of the molecule is CCc1cc(C(=O)N(C)c2cccc(CN)c2)n(CC)n1. The Labute approximate surface area is 125 Å². The van der Waals surface area contributed by atoms with Gasteiger partial charge in [0.05, 0.1) is 5.69 Å². The van der Waals surface area contributed by atoms with Crippen molar-refractivity contribution in [3.05, 3.63) is 47.3 Å². The molecule has 2 N–H and O–H groups in total. The summed E-state index contributed by atoms with van der Waals surface area (Å²) in [5.41, 5.74) is 9.05. The van der Waals surface area contributed by atoms with Gasteiger partial charge in [-0.1, -0.05) is 19.1 Å². The number of nitrogens with zero attached hydrogens (tertiary/aromatic N) is 3. The number of benzene rings is 1. The van der Waals surface area contributed by atoms with Gasteiger partial charge in [-0.3, -0.25) is 9.48 Å². The summed E-state index contributed by atoms with van der Waals surface area (Å²) in [4.78, 5) is 14.3. The number of hydrogen-bond donors (Lipinski definition) is 1. The second-order valence-corrected chi connectivity index (χ2v) is 4.93. The van der Waals surface area contributed by atoms with Crippen molar-refractivity contribution in [2.45, 2.75) is 33.4 Å². The smallest absolute Gasteiger partial charge is 0.276 e. The molecule has 0 bridgehead atoms. The van der Waals surface area contributed by atoms with Crippen LogP contribution in [0.1, 0.15) is 35.6 Å². The lowest BCUT2D eigenvalue weighted by molar-refractivity contribution is 0.0983. The van der Waals surface area contributed by atoms with Gasteiger partial charge in [-0.05, 0) is 37.1 Å². The maximum atomic E-state index is 12.7. The number of carbonyl (C=O) groups is 1. The molecule has 0 unspecified atom stereocenters. The highest BCUT2D eigenvalue weighted by atomic mass is 16.2. The zero-order valence-corrected chi connectivity index (χ0v) is 12.8. The summed E-state index contributed by atoms with van der Waals surface area (Å²) in [5, 5.41) is 4.43. The Bertz CT molecular complexity index is 633.